The predicted molar refractivity (Wildman–Crippen MR) is 46.5 cm³/mol. The number of carbonyl (C=O) groups excluding carboxylic acids is 1. The van der Waals surface area contributed by atoms with Crippen molar-refractivity contribution in [1.29, 1.82) is 0 Å². The summed E-state index contributed by atoms with van der Waals surface area (Å²) < 4.78 is 23.3. The Morgan fingerprint density at radius 1 is 1.54 bits per heavy atom. The Labute approximate surface area is 76.7 Å². The molecule has 0 fully saturated rings. The molecule has 3 nitrogen and oxygen atoms in total. The highest BCUT2D eigenvalue weighted by Gasteiger charge is 2.11. The number of rotatable bonds is 6. The second-order valence-electron chi connectivity index (χ2n) is 2.91. The van der Waals surface area contributed by atoms with E-state index in [1.54, 1.807) is 0 Å². The van der Waals surface area contributed by atoms with E-state index in [0.717, 1.165) is 6.42 Å². The molecule has 0 bridgehead atoms. The van der Waals surface area contributed by atoms with E-state index < -0.39 is 13.0 Å². The van der Waals surface area contributed by atoms with Crippen LogP contribution in [0.15, 0.2) is 0 Å². The minimum Gasteiger partial charge on any atom is -0.350 e. The third-order valence-electron chi connectivity index (χ3n) is 1.84. The maximum absolute atomic E-state index is 11.7. The molecule has 0 aromatic carbocycles. The molecule has 1 unspecified atom stereocenters. The number of hydrogen-bond acceptors (Lipinski definition) is 2. The van der Waals surface area contributed by atoms with Crippen LogP contribution in [0.2, 0.25) is 0 Å². The lowest BCUT2D eigenvalue weighted by Crippen LogP contribution is -2.31. The quantitative estimate of drug-likeness (QED) is 0.655. The maximum atomic E-state index is 11.7. The van der Waals surface area contributed by atoms with Gasteiger partial charge in [0.2, 0.25) is 5.91 Å². The van der Waals surface area contributed by atoms with Gasteiger partial charge < -0.3 is 11.1 Å². The van der Waals surface area contributed by atoms with Crippen molar-refractivity contribution in [2.75, 3.05) is 13.1 Å². The third-order valence-corrected chi connectivity index (χ3v) is 1.84. The summed E-state index contributed by atoms with van der Waals surface area (Å²) in [5.41, 5.74) is 5.36. The number of nitrogens with two attached hydrogens (primary N) is 1. The van der Waals surface area contributed by atoms with Gasteiger partial charge in [-0.05, 0) is 12.5 Å². The molecule has 0 aromatic rings. The van der Waals surface area contributed by atoms with Crippen molar-refractivity contribution in [3.8, 4) is 0 Å². The van der Waals surface area contributed by atoms with E-state index in [1.807, 2.05) is 6.92 Å². The van der Waals surface area contributed by atoms with E-state index in [1.165, 1.54) is 0 Å². The number of halogens is 2. The van der Waals surface area contributed by atoms with Gasteiger partial charge in [0.05, 0.1) is 6.54 Å². The maximum Gasteiger partial charge on any atom is 0.255 e. The Kier molecular flexibility index (Phi) is 6.40. The molecule has 0 aromatic heterocycles. The molecule has 5 heteroatoms. The first kappa shape index (κ1) is 12.3. The molecular formula is C8H16F2N2O. The molecule has 13 heavy (non-hydrogen) atoms. The average molecular weight is 194 g/mol. The monoisotopic (exact) mass is 194 g/mol. The summed E-state index contributed by atoms with van der Waals surface area (Å²) >= 11 is 0. The molecule has 0 spiro atoms. The molecule has 1 atom stereocenters. The lowest BCUT2D eigenvalue weighted by molar-refractivity contribution is -0.122. The summed E-state index contributed by atoms with van der Waals surface area (Å²) in [5, 5.41) is 2.14. The number of nitrogens with one attached hydrogen (secondary N) is 1. The van der Waals surface area contributed by atoms with Crippen molar-refractivity contribution < 1.29 is 13.6 Å². The normalized spacial score (nSPS) is 13.0. The third kappa shape index (κ3) is 6.45. The lowest BCUT2D eigenvalue weighted by atomic mass is 10.0. The van der Waals surface area contributed by atoms with E-state index in [4.69, 9.17) is 5.73 Å². The van der Waals surface area contributed by atoms with Gasteiger partial charge in [-0.3, -0.25) is 4.79 Å². The van der Waals surface area contributed by atoms with Gasteiger partial charge in [0, 0.05) is 6.42 Å². The lowest BCUT2D eigenvalue weighted by Gasteiger charge is -2.11. The molecular weight excluding hydrogens is 178 g/mol. The van der Waals surface area contributed by atoms with E-state index >= 15 is 0 Å². The summed E-state index contributed by atoms with van der Waals surface area (Å²) in [6.45, 7) is 1.76. The second-order valence-corrected chi connectivity index (χ2v) is 2.91. The van der Waals surface area contributed by atoms with E-state index in [0.29, 0.717) is 6.54 Å². The molecule has 0 radical (unpaired) electrons. The number of amides is 1. The van der Waals surface area contributed by atoms with Crippen molar-refractivity contribution in [2.45, 2.75) is 26.2 Å². The van der Waals surface area contributed by atoms with Crippen LogP contribution >= 0.6 is 0 Å². The Morgan fingerprint density at radius 3 is 2.54 bits per heavy atom. The molecule has 0 aliphatic carbocycles. The van der Waals surface area contributed by atoms with Crippen molar-refractivity contribution in [3.63, 3.8) is 0 Å². The van der Waals surface area contributed by atoms with Crippen LogP contribution in [0.4, 0.5) is 8.78 Å². The number of carbonyl (C=O) groups is 1. The topological polar surface area (TPSA) is 55.1 Å². The first-order valence-corrected chi connectivity index (χ1v) is 4.35. The summed E-state index contributed by atoms with van der Waals surface area (Å²) in [6.07, 6.45) is -1.46. The fourth-order valence-corrected chi connectivity index (χ4v) is 0.920. The van der Waals surface area contributed by atoms with Crippen molar-refractivity contribution >= 4 is 5.91 Å². The largest absolute Gasteiger partial charge is 0.350 e. The smallest absolute Gasteiger partial charge is 0.255 e. The highest BCUT2D eigenvalue weighted by molar-refractivity contribution is 5.76. The van der Waals surface area contributed by atoms with Crippen molar-refractivity contribution in [1.82, 2.24) is 5.32 Å². The molecule has 0 rings (SSSR count). The first-order chi connectivity index (χ1) is 6.10. The van der Waals surface area contributed by atoms with Crippen LogP contribution in [0.1, 0.15) is 19.8 Å². The van der Waals surface area contributed by atoms with E-state index in [2.05, 4.69) is 5.32 Å². The average Bonchev–Trinajstić information content (AvgIpc) is 2.10. The molecule has 0 heterocycles. The number of alkyl halides is 2. The molecule has 0 aliphatic rings. The fraction of sp³-hybridized carbons (Fsp3) is 0.875. The van der Waals surface area contributed by atoms with Crippen LogP contribution in [0.3, 0.4) is 0 Å². The van der Waals surface area contributed by atoms with Gasteiger partial charge in [0.1, 0.15) is 0 Å². The molecule has 0 aliphatic heterocycles. The second kappa shape index (κ2) is 6.77. The molecule has 3 N–H and O–H groups in total. The Morgan fingerprint density at radius 2 is 2.15 bits per heavy atom. The zero-order chi connectivity index (χ0) is 10.3. The van der Waals surface area contributed by atoms with Gasteiger partial charge in [-0.15, -0.1) is 0 Å². The van der Waals surface area contributed by atoms with Gasteiger partial charge >= 0.3 is 0 Å². The van der Waals surface area contributed by atoms with Gasteiger partial charge in [-0.25, -0.2) is 8.78 Å². The highest BCUT2D eigenvalue weighted by Crippen LogP contribution is 2.05. The predicted octanol–water partition coefficient (Wildman–Crippen LogP) is 0.743. The van der Waals surface area contributed by atoms with Crippen LogP contribution in [0, 0.1) is 5.92 Å². The Balaban J connectivity index is 3.60. The summed E-state index contributed by atoms with van der Waals surface area (Å²) in [4.78, 5) is 11.0. The first-order valence-electron chi connectivity index (χ1n) is 4.35. The van der Waals surface area contributed by atoms with Crippen LogP contribution < -0.4 is 11.1 Å². The van der Waals surface area contributed by atoms with Crippen LogP contribution in [-0.2, 0) is 4.79 Å². The molecule has 0 saturated heterocycles. The van der Waals surface area contributed by atoms with Crippen molar-refractivity contribution in [3.05, 3.63) is 0 Å². The van der Waals surface area contributed by atoms with Crippen LogP contribution in [0.25, 0.3) is 0 Å². The van der Waals surface area contributed by atoms with Gasteiger partial charge in [0.25, 0.3) is 6.43 Å². The fourth-order valence-electron chi connectivity index (χ4n) is 0.920. The Hall–Kier alpha value is -0.710. The van der Waals surface area contributed by atoms with Gasteiger partial charge in [-0.2, -0.15) is 0 Å². The Bertz CT molecular complexity index is 149. The zero-order valence-corrected chi connectivity index (χ0v) is 7.72. The molecule has 0 saturated carbocycles. The SMILES string of the molecule is CCC(CN)CC(=O)NCC(F)F. The minimum absolute atomic E-state index is 0.0951. The van der Waals surface area contributed by atoms with Crippen LogP contribution in [-0.4, -0.2) is 25.4 Å². The molecule has 1 amide bonds. The van der Waals surface area contributed by atoms with Gasteiger partial charge in [-0.1, -0.05) is 13.3 Å². The van der Waals surface area contributed by atoms with Crippen molar-refractivity contribution in [2.24, 2.45) is 11.7 Å². The minimum atomic E-state index is -2.48. The zero-order valence-electron chi connectivity index (χ0n) is 7.72. The van der Waals surface area contributed by atoms with E-state index in [9.17, 15) is 13.6 Å². The molecule has 78 valence electrons. The van der Waals surface area contributed by atoms with Crippen LogP contribution in [0.5, 0.6) is 0 Å². The highest BCUT2D eigenvalue weighted by atomic mass is 19.3. The summed E-state index contributed by atoms with van der Waals surface area (Å²) in [7, 11) is 0. The standard InChI is InChI=1S/C8H16F2N2O/c1-2-6(4-11)3-8(13)12-5-7(9)10/h6-7H,2-5,11H2,1H3,(H,12,13). The summed E-state index contributed by atoms with van der Waals surface area (Å²) in [6, 6.07) is 0. The summed E-state index contributed by atoms with van der Waals surface area (Å²) in [5.74, 6) is -0.254. The van der Waals surface area contributed by atoms with E-state index in [-0.39, 0.29) is 18.2 Å². The van der Waals surface area contributed by atoms with Gasteiger partial charge in [0.15, 0.2) is 0 Å². The number of hydrogen-bond donors (Lipinski definition) is 2.